The lowest BCUT2D eigenvalue weighted by Crippen LogP contribution is -2.70. The molecule has 4 saturated heterocycles. The number of esters is 1. The Morgan fingerprint density at radius 2 is 1.25 bits per heavy atom. The Labute approximate surface area is 487 Å². The summed E-state index contributed by atoms with van der Waals surface area (Å²) in [6.45, 7) is 13.1. The number of carbonyl (C=O) groups is 3. The van der Waals surface area contributed by atoms with Crippen molar-refractivity contribution in [3.05, 3.63) is 23.3 Å². The fourth-order valence-corrected chi connectivity index (χ4v) is 16.9. The smallest absolute Gasteiger partial charge is 0.335 e. The van der Waals surface area contributed by atoms with E-state index in [1.165, 1.54) is 0 Å². The number of hydrogen-bond donors (Lipinski definition) is 14. The average molecular weight is 1200 g/mol. The van der Waals surface area contributed by atoms with Gasteiger partial charge in [-0.05, 0) is 105 Å². The molecule has 14 N–H and O–H groups in total. The highest BCUT2D eigenvalue weighted by molar-refractivity contribution is 5.87. The van der Waals surface area contributed by atoms with Crippen LogP contribution in [0, 0.1) is 50.2 Å². The van der Waals surface area contributed by atoms with Crippen molar-refractivity contribution >= 4 is 18.2 Å². The van der Waals surface area contributed by atoms with Crippen molar-refractivity contribution in [2.24, 2.45) is 50.2 Å². The standard InChI is InChI=1S/C58H90O26/c1-9-24(2)48(75)79-34-18-53(3,4)16-26-25-10-11-31-54(5)14-13-33(55(6,22-61)30(54)12-15-56(31,7)57(25,8)17-32(64)58(26,34)23-62)80-52-46(84-50-41(71)39(69)37(67)29(20-60)78-50)43(42(72)44(82-52)47(73)74)81-51-45(35(65)27(63)21-76-51)83-49-40(70)38(68)36(66)28(19-59)77-49/h9-10,22,26-46,49-52,59-60,62-72H,11-21,23H2,1-8H3,(H,73,74)/b24-9-/t26-,27-,28+,29+,30?,31?,32+,33-,34-,35-,36+,37-,38-,39-,40+,41+,42-,43-,44-,45+,46+,49-,50-,51-,52+,54-,55-,56+,57+,58-/m0/s1. The van der Waals surface area contributed by atoms with Gasteiger partial charge in [0.15, 0.2) is 31.3 Å². The van der Waals surface area contributed by atoms with E-state index in [1.54, 1.807) is 26.8 Å². The van der Waals surface area contributed by atoms with Crippen LogP contribution in [0.2, 0.25) is 0 Å². The van der Waals surface area contributed by atoms with Gasteiger partial charge < -0.3 is 119 Å². The summed E-state index contributed by atoms with van der Waals surface area (Å²) in [5.74, 6) is -3.15. The monoisotopic (exact) mass is 1200 g/mol. The van der Waals surface area contributed by atoms with Crippen LogP contribution in [0.1, 0.15) is 107 Å². The Balaban J connectivity index is 1.05. The Morgan fingerprint density at radius 3 is 1.81 bits per heavy atom. The number of allylic oxidation sites excluding steroid dienone is 3. The number of aliphatic hydroxyl groups excluding tert-OH is 13. The molecular weight excluding hydrogens is 1110 g/mol. The number of carboxylic acid groups (broad SMARTS) is 1. The minimum Gasteiger partial charge on any atom is -0.479 e. The molecule has 4 saturated carbocycles. The van der Waals surface area contributed by atoms with Crippen molar-refractivity contribution in [3.63, 3.8) is 0 Å². The Bertz CT molecular complexity index is 2440. The number of carbonyl (C=O) groups excluding carboxylic acids is 2. The summed E-state index contributed by atoms with van der Waals surface area (Å²) >= 11 is 0. The topological polar surface area (TPSA) is 418 Å². The fraction of sp³-hybridized carbons (Fsp3) is 0.879. The number of hydrogen-bond acceptors (Lipinski definition) is 25. The fourth-order valence-electron chi connectivity index (χ4n) is 16.9. The van der Waals surface area contributed by atoms with E-state index < -0.39 is 206 Å². The first kappa shape index (κ1) is 65.7. The molecule has 9 rings (SSSR count). The molecule has 8 fully saturated rings. The Morgan fingerprint density at radius 1 is 0.655 bits per heavy atom. The summed E-state index contributed by atoms with van der Waals surface area (Å²) in [6, 6.07) is 0. The summed E-state index contributed by atoms with van der Waals surface area (Å²) in [5, 5.41) is 154. The first-order valence-electron chi connectivity index (χ1n) is 29.4. The van der Waals surface area contributed by atoms with Crippen LogP contribution in [0.5, 0.6) is 0 Å². The zero-order chi connectivity index (χ0) is 61.7. The predicted octanol–water partition coefficient (Wildman–Crippen LogP) is -2.19. The van der Waals surface area contributed by atoms with Gasteiger partial charge in [0.05, 0.1) is 49.5 Å². The van der Waals surface area contributed by atoms with Crippen LogP contribution in [0.15, 0.2) is 23.3 Å². The Kier molecular flexibility index (Phi) is 18.9. The summed E-state index contributed by atoms with van der Waals surface area (Å²) < 4.78 is 54.6. The Hall–Kier alpha value is -2.75. The minimum atomic E-state index is -2.30. The maximum absolute atomic E-state index is 14.2. The number of rotatable bonds is 15. The average Bonchev–Trinajstić information content (AvgIpc) is 0.764. The van der Waals surface area contributed by atoms with E-state index in [4.69, 9.17) is 42.6 Å². The van der Waals surface area contributed by atoms with Crippen molar-refractivity contribution in [3.8, 4) is 0 Å². The maximum Gasteiger partial charge on any atom is 0.335 e. The van der Waals surface area contributed by atoms with Crippen LogP contribution in [0.3, 0.4) is 0 Å². The lowest BCUT2D eigenvalue weighted by molar-refractivity contribution is -0.400. The molecule has 0 radical (unpaired) electrons. The highest BCUT2D eigenvalue weighted by atomic mass is 16.8. The molecule has 0 amide bonds. The zero-order valence-corrected chi connectivity index (χ0v) is 48.8. The first-order valence-corrected chi connectivity index (χ1v) is 29.4. The largest absolute Gasteiger partial charge is 0.479 e. The number of carboxylic acids is 1. The highest BCUT2D eigenvalue weighted by Gasteiger charge is 2.73. The van der Waals surface area contributed by atoms with Gasteiger partial charge in [-0.25, -0.2) is 9.59 Å². The van der Waals surface area contributed by atoms with Crippen molar-refractivity contribution < 1.29 is 129 Å². The van der Waals surface area contributed by atoms with E-state index in [2.05, 4.69) is 40.7 Å². The molecule has 2 unspecified atom stereocenters. The molecule has 26 heteroatoms. The number of ether oxygens (including phenoxy) is 9. The molecule has 478 valence electrons. The molecule has 26 nitrogen and oxygen atoms in total. The molecular formula is C58H90O26. The zero-order valence-electron chi connectivity index (χ0n) is 48.8. The third-order valence-electron chi connectivity index (χ3n) is 22.1. The molecule has 4 aliphatic heterocycles. The van der Waals surface area contributed by atoms with E-state index in [0.29, 0.717) is 44.1 Å². The second kappa shape index (κ2) is 24.2. The summed E-state index contributed by atoms with van der Waals surface area (Å²) in [4.78, 5) is 40.7. The molecule has 5 aliphatic carbocycles. The minimum absolute atomic E-state index is 0.103. The van der Waals surface area contributed by atoms with Gasteiger partial charge in [0, 0.05) is 5.57 Å². The molecule has 84 heavy (non-hydrogen) atoms. The van der Waals surface area contributed by atoms with Gasteiger partial charge in [0.1, 0.15) is 97.8 Å². The molecule has 0 aromatic rings. The third-order valence-corrected chi connectivity index (χ3v) is 22.1. The molecule has 30 atom stereocenters. The van der Waals surface area contributed by atoms with Crippen LogP contribution in [0.25, 0.3) is 0 Å². The van der Waals surface area contributed by atoms with Gasteiger partial charge in [-0.15, -0.1) is 0 Å². The molecule has 0 bridgehead atoms. The van der Waals surface area contributed by atoms with Crippen molar-refractivity contribution in [2.45, 2.75) is 242 Å². The normalized spacial score (nSPS) is 52.1. The molecule has 0 spiro atoms. The van der Waals surface area contributed by atoms with Crippen LogP contribution < -0.4 is 0 Å². The maximum atomic E-state index is 14.2. The van der Waals surface area contributed by atoms with E-state index >= 15 is 0 Å². The summed E-state index contributed by atoms with van der Waals surface area (Å²) in [6.07, 6.45) is -32.0. The molecule has 9 aliphatic rings. The van der Waals surface area contributed by atoms with Crippen molar-refractivity contribution in [2.75, 3.05) is 26.4 Å². The third kappa shape index (κ3) is 10.7. The quantitative estimate of drug-likeness (QED) is 0.0272. The molecule has 0 aromatic heterocycles. The number of aldehydes is 1. The van der Waals surface area contributed by atoms with Gasteiger partial charge >= 0.3 is 11.9 Å². The predicted molar refractivity (Wildman–Crippen MR) is 284 cm³/mol. The van der Waals surface area contributed by atoms with E-state index in [0.717, 1.165) is 11.9 Å². The SMILES string of the molecule is C/C=C(/C)C(=O)O[C@H]1CC(C)(C)C[C@H]2C3=CCC4[C@@]5(C)CC[C@H](O[C@@H]6O[C@H](C(=O)O)[C@@H](O)[C@H](O[C@@H]7OC[C@H](O)[C@H](O)[C@H]7O[C@@H]7O[C@H](CO)[C@@H](O)[C@H](O)[C@H]7O)[C@H]6O[C@@H]6O[C@H](CO)[C@H](O)[C@H](O)[C@H]6O)[C@@](C)(C=O)C5CC[C@@]4(C)[C@]3(C)C[C@@H](O)[C@@]12CO. The second-order valence-electron chi connectivity index (χ2n) is 27.1. The summed E-state index contributed by atoms with van der Waals surface area (Å²) in [5.41, 5.74) is -3.14. The van der Waals surface area contributed by atoms with Gasteiger partial charge in [-0.2, -0.15) is 0 Å². The lowest BCUT2D eigenvalue weighted by Gasteiger charge is -2.72. The first-order chi connectivity index (χ1) is 39.4. The number of aliphatic hydroxyl groups is 13. The molecule has 4 heterocycles. The summed E-state index contributed by atoms with van der Waals surface area (Å²) in [7, 11) is 0. The van der Waals surface area contributed by atoms with E-state index in [1.807, 2.05) is 0 Å². The van der Waals surface area contributed by atoms with Gasteiger partial charge in [-0.1, -0.05) is 59.3 Å². The van der Waals surface area contributed by atoms with Crippen LogP contribution in [-0.4, -0.2) is 251 Å². The van der Waals surface area contributed by atoms with E-state index in [-0.39, 0.29) is 30.1 Å². The van der Waals surface area contributed by atoms with E-state index in [9.17, 15) is 85.9 Å². The van der Waals surface area contributed by atoms with Crippen molar-refractivity contribution in [1.82, 2.24) is 0 Å². The van der Waals surface area contributed by atoms with Crippen LogP contribution in [-0.2, 0) is 57.0 Å². The lowest BCUT2D eigenvalue weighted by atomic mass is 9.33. The number of aliphatic carboxylic acids is 1. The van der Waals surface area contributed by atoms with Gasteiger partial charge in [-0.3, -0.25) is 0 Å². The highest BCUT2D eigenvalue weighted by Crippen LogP contribution is 2.76. The van der Waals surface area contributed by atoms with Crippen molar-refractivity contribution in [1.29, 1.82) is 0 Å². The van der Waals surface area contributed by atoms with Crippen LogP contribution >= 0.6 is 0 Å². The van der Waals surface area contributed by atoms with Gasteiger partial charge in [0.2, 0.25) is 0 Å². The van der Waals surface area contributed by atoms with Gasteiger partial charge in [0.25, 0.3) is 0 Å². The molecule has 0 aromatic carbocycles. The second-order valence-corrected chi connectivity index (χ2v) is 27.1. The van der Waals surface area contributed by atoms with Crippen LogP contribution in [0.4, 0.5) is 0 Å². The number of fused-ring (bicyclic) bond motifs is 7.